The van der Waals surface area contributed by atoms with Crippen LogP contribution in [0.15, 0.2) is 21.3 Å². The van der Waals surface area contributed by atoms with E-state index in [0.29, 0.717) is 29.8 Å². The first-order chi connectivity index (χ1) is 12.9. The van der Waals surface area contributed by atoms with Crippen LogP contribution >= 0.6 is 0 Å². The maximum absolute atomic E-state index is 13.1. The standard InChI is InChI=1S/C21H29N3O3S/c1-13-10-15(14(2)23-28(26)20(3,4)5)17-16(11-13)18(25)24(7)19(22-17)21(6)8-9-27-12-21/h10-11H,8-9,12H2,1-7H3/b23-14-/t21?,28-/m1/s1. The highest BCUT2D eigenvalue weighted by Gasteiger charge is 2.36. The number of aryl methyl sites for hydroxylation is 1. The van der Waals surface area contributed by atoms with E-state index in [1.807, 2.05) is 46.8 Å². The summed E-state index contributed by atoms with van der Waals surface area (Å²) in [5, 5.41) is 0.555. The van der Waals surface area contributed by atoms with Crippen LogP contribution in [0, 0.1) is 6.92 Å². The maximum Gasteiger partial charge on any atom is 0.261 e. The molecule has 1 aliphatic rings. The van der Waals surface area contributed by atoms with E-state index in [9.17, 15) is 9.00 Å². The average Bonchev–Trinajstić information content (AvgIpc) is 3.04. The van der Waals surface area contributed by atoms with E-state index < -0.39 is 15.7 Å². The fourth-order valence-corrected chi connectivity index (χ4v) is 4.11. The van der Waals surface area contributed by atoms with Crippen molar-refractivity contribution in [2.45, 2.75) is 58.1 Å². The molecule has 1 saturated heterocycles. The average molecular weight is 404 g/mol. The van der Waals surface area contributed by atoms with Crippen molar-refractivity contribution in [3.63, 3.8) is 0 Å². The Balaban J connectivity index is 2.29. The van der Waals surface area contributed by atoms with Gasteiger partial charge in [0, 0.05) is 19.2 Å². The third kappa shape index (κ3) is 3.70. The number of fused-ring (bicyclic) bond motifs is 1. The van der Waals surface area contributed by atoms with Gasteiger partial charge in [0.1, 0.15) is 16.8 Å². The Morgan fingerprint density at radius 3 is 2.61 bits per heavy atom. The normalized spacial score (nSPS) is 22.0. The van der Waals surface area contributed by atoms with E-state index in [2.05, 4.69) is 11.3 Å². The smallest absolute Gasteiger partial charge is 0.261 e. The van der Waals surface area contributed by atoms with Crippen LogP contribution in [0.5, 0.6) is 0 Å². The molecule has 2 atom stereocenters. The van der Waals surface area contributed by atoms with Crippen LogP contribution in [0.2, 0.25) is 0 Å². The Hall–Kier alpha value is -1.86. The summed E-state index contributed by atoms with van der Waals surface area (Å²) in [6.07, 6.45) is 0.821. The molecule has 2 heterocycles. The Morgan fingerprint density at radius 2 is 2.04 bits per heavy atom. The number of hydrogen-bond donors (Lipinski definition) is 0. The van der Waals surface area contributed by atoms with Gasteiger partial charge in [-0.1, -0.05) is 6.92 Å². The lowest BCUT2D eigenvalue weighted by Crippen LogP contribution is -2.34. The van der Waals surface area contributed by atoms with Gasteiger partial charge in [0.2, 0.25) is 0 Å². The third-order valence-corrected chi connectivity index (χ3v) is 6.70. The molecule has 6 nitrogen and oxygen atoms in total. The molecule has 0 spiro atoms. The number of aromatic nitrogens is 2. The number of benzene rings is 1. The van der Waals surface area contributed by atoms with Crippen molar-refractivity contribution in [2.24, 2.45) is 11.4 Å². The highest BCUT2D eigenvalue weighted by Crippen LogP contribution is 2.32. The Kier molecular flexibility index (Phi) is 5.36. The van der Waals surface area contributed by atoms with E-state index in [1.54, 1.807) is 11.6 Å². The van der Waals surface area contributed by atoms with Gasteiger partial charge >= 0.3 is 0 Å². The highest BCUT2D eigenvalue weighted by molar-refractivity contribution is 7.85. The Bertz CT molecular complexity index is 1040. The zero-order valence-corrected chi connectivity index (χ0v) is 18.6. The topological polar surface area (TPSA) is 73.5 Å². The van der Waals surface area contributed by atoms with Gasteiger partial charge in [-0.25, -0.2) is 9.19 Å². The van der Waals surface area contributed by atoms with Gasteiger partial charge in [-0.15, -0.1) is 0 Å². The number of nitrogens with zero attached hydrogens (tertiary/aromatic N) is 3. The quantitative estimate of drug-likeness (QED) is 0.738. The minimum Gasteiger partial charge on any atom is -0.380 e. The van der Waals surface area contributed by atoms with Gasteiger partial charge in [0.15, 0.2) is 0 Å². The number of hydrogen-bond acceptors (Lipinski definition) is 4. The van der Waals surface area contributed by atoms with E-state index in [1.165, 1.54) is 0 Å². The van der Waals surface area contributed by atoms with Gasteiger partial charge in [-0.3, -0.25) is 9.36 Å². The highest BCUT2D eigenvalue weighted by atomic mass is 32.2. The molecule has 152 valence electrons. The van der Waals surface area contributed by atoms with Crippen molar-refractivity contribution < 1.29 is 8.95 Å². The lowest BCUT2D eigenvalue weighted by atomic mass is 9.88. The maximum atomic E-state index is 13.1. The fourth-order valence-electron chi connectivity index (χ4n) is 3.49. The van der Waals surface area contributed by atoms with Crippen LogP contribution in [0.1, 0.15) is 58.0 Å². The molecule has 2 aromatic rings. The van der Waals surface area contributed by atoms with E-state index in [-0.39, 0.29) is 11.0 Å². The number of rotatable bonds is 3. The Morgan fingerprint density at radius 1 is 1.36 bits per heavy atom. The van der Waals surface area contributed by atoms with E-state index >= 15 is 0 Å². The molecular formula is C21H29N3O3S. The van der Waals surface area contributed by atoms with Crippen LogP contribution in [0.3, 0.4) is 0 Å². The van der Waals surface area contributed by atoms with Gasteiger partial charge < -0.3 is 4.74 Å². The van der Waals surface area contributed by atoms with Gasteiger partial charge in [0.05, 0.1) is 33.4 Å². The molecule has 1 aliphatic heterocycles. The van der Waals surface area contributed by atoms with E-state index in [4.69, 9.17) is 9.72 Å². The molecule has 0 radical (unpaired) electrons. The second-order valence-corrected chi connectivity index (χ2v) is 10.8. The molecule has 0 N–H and O–H groups in total. The summed E-state index contributed by atoms with van der Waals surface area (Å²) in [6, 6.07) is 3.82. The van der Waals surface area contributed by atoms with Crippen LogP contribution in [0.4, 0.5) is 0 Å². The van der Waals surface area contributed by atoms with Crippen molar-refractivity contribution in [3.05, 3.63) is 39.4 Å². The molecule has 1 unspecified atom stereocenters. The molecule has 3 rings (SSSR count). The first-order valence-electron chi connectivity index (χ1n) is 9.51. The van der Waals surface area contributed by atoms with Crippen LogP contribution in [-0.2, 0) is 28.2 Å². The zero-order valence-electron chi connectivity index (χ0n) is 17.8. The summed E-state index contributed by atoms with van der Waals surface area (Å²) in [5.74, 6) is 0.720. The summed E-state index contributed by atoms with van der Waals surface area (Å²) in [4.78, 5) is 18.1. The summed E-state index contributed by atoms with van der Waals surface area (Å²) in [6.45, 7) is 12.7. The molecule has 0 aliphatic carbocycles. The summed E-state index contributed by atoms with van der Waals surface area (Å²) < 4.78 is 23.7. The largest absolute Gasteiger partial charge is 0.380 e. The van der Waals surface area contributed by atoms with Crippen molar-refractivity contribution in [3.8, 4) is 0 Å². The summed E-state index contributed by atoms with van der Waals surface area (Å²) >= 11 is 0. The minimum absolute atomic E-state index is 0.0807. The lowest BCUT2D eigenvalue weighted by molar-refractivity contribution is 0.178. The molecule has 1 fully saturated rings. The van der Waals surface area contributed by atoms with Crippen LogP contribution in [-0.4, -0.2) is 37.4 Å². The second-order valence-electron chi connectivity index (χ2n) is 8.91. The fraction of sp³-hybridized carbons (Fsp3) is 0.571. The Labute approximate surface area is 168 Å². The van der Waals surface area contributed by atoms with Crippen LogP contribution < -0.4 is 5.56 Å². The molecular weight excluding hydrogens is 374 g/mol. The van der Waals surface area contributed by atoms with Gasteiger partial charge in [0.25, 0.3) is 5.56 Å². The zero-order chi connectivity index (χ0) is 20.9. The molecule has 0 bridgehead atoms. The second kappa shape index (κ2) is 7.19. The predicted molar refractivity (Wildman–Crippen MR) is 115 cm³/mol. The summed E-state index contributed by atoms with van der Waals surface area (Å²) in [7, 11) is 0.383. The minimum atomic E-state index is -1.39. The van der Waals surface area contributed by atoms with Crippen LogP contribution in [0.25, 0.3) is 10.9 Å². The molecule has 0 amide bonds. The number of ether oxygens (including phenoxy) is 1. The third-order valence-electron chi connectivity index (χ3n) is 5.22. The van der Waals surface area contributed by atoms with Gasteiger partial charge in [-0.05, 0) is 58.7 Å². The van der Waals surface area contributed by atoms with Crippen molar-refractivity contribution >= 4 is 27.6 Å². The van der Waals surface area contributed by atoms with Crippen molar-refractivity contribution in [2.75, 3.05) is 13.2 Å². The summed E-state index contributed by atoms with van der Waals surface area (Å²) in [5.41, 5.74) is 2.56. The first-order valence-corrected chi connectivity index (χ1v) is 10.6. The molecule has 7 heteroatoms. The van der Waals surface area contributed by atoms with Crippen molar-refractivity contribution in [1.82, 2.24) is 9.55 Å². The molecule has 1 aromatic carbocycles. The SMILES string of the molecule is C/C(=N/[S@](=O)C(C)(C)C)c1cc(C)cc2c(=O)n(C)c(C3(C)CCOC3)nc12. The predicted octanol–water partition coefficient (Wildman–Crippen LogP) is 3.19. The van der Waals surface area contributed by atoms with Crippen molar-refractivity contribution in [1.29, 1.82) is 0 Å². The first kappa shape index (κ1) is 20.9. The molecule has 28 heavy (non-hydrogen) atoms. The molecule has 0 saturated carbocycles. The lowest BCUT2D eigenvalue weighted by Gasteiger charge is -2.24. The molecule has 1 aromatic heterocycles. The van der Waals surface area contributed by atoms with E-state index in [0.717, 1.165) is 23.4 Å². The van der Waals surface area contributed by atoms with Gasteiger partial charge in [-0.2, -0.15) is 4.40 Å². The monoisotopic (exact) mass is 403 g/mol.